The van der Waals surface area contributed by atoms with Gasteiger partial charge < -0.3 is 0 Å². The standard InChI is InChI=1S/C2F3NO2S/c1-6-9(7,8)2(3,4)5. The summed E-state index contributed by atoms with van der Waals surface area (Å²) in [6.07, 6.45) is 0. The summed E-state index contributed by atoms with van der Waals surface area (Å²) in [5.74, 6) is 0. The van der Waals surface area contributed by atoms with E-state index in [0.717, 1.165) is 0 Å². The molecule has 7 heteroatoms. The second-order valence-corrected chi connectivity index (χ2v) is 2.61. The Hall–Kier alpha value is -0.590. The van der Waals surface area contributed by atoms with Crippen LogP contribution < -0.4 is 0 Å². The number of halogens is 3. The van der Waals surface area contributed by atoms with E-state index in [-0.39, 0.29) is 0 Å². The molecular weight excluding hydrogens is 159 g/mol. The van der Waals surface area contributed by atoms with Crippen LogP contribution >= 0.6 is 0 Å². The third kappa shape index (κ3) is 1.67. The topological polar surface area (TPSA) is 46.5 Å². The molecule has 0 bridgehead atoms. The lowest BCUT2D eigenvalue weighted by Crippen LogP contribution is -2.19. The van der Waals surface area contributed by atoms with Crippen molar-refractivity contribution in [2.75, 3.05) is 0 Å². The third-order valence-electron chi connectivity index (χ3n) is 0.413. The van der Waals surface area contributed by atoms with E-state index in [4.69, 9.17) is 6.72 Å². The van der Waals surface area contributed by atoms with E-state index in [1.165, 1.54) is 4.40 Å². The Bertz CT molecular complexity index is 202. The maximum atomic E-state index is 11.0. The first-order valence-corrected chi connectivity index (χ1v) is 2.95. The largest absolute Gasteiger partial charge is 0.518 e. The number of alkyl halides is 3. The molecule has 9 heavy (non-hydrogen) atoms. The van der Waals surface area contributed by atoms with Crippen LogP contribution in [0.25, 0.3) is 0 Å². The Balaban J connectivity index is 4.79. The maximum Gasteiger partial charge on any atom is 0.518 e. The first-order valence-electron chi connectivity index (χ1n) is 1.51. The van der Waals surface area contributed by atoms with E-state index in [1.807, 2.05) is 0 Å². The van der Waals surface area contributed by atoms with Gasteiger partial charge in [-0.1, -0.05) is 0 Å². The van der Waals surface area contributed by atoms with E-state index < -0.39 is 15.5 Å². The molecule has 0 fully saturated rings. The highest BCUT2D eigenvalue weighted by Gasteiger charge is 2.45. The summed E-state index contributed by atoms with van der Waals surface area (Å²) in [5.41, 5.74) is -5.44. The second kappa shape index (κ2) is 1.98. The molecule has 3 nitrogen and oxygen atoms in total. The lowest BCUT2D eigenvalue weighted by atomic mass is 11.6. The van der Waals surface area contributed by atoms with E-state index >= 15 is 0 Å². The van der Waals surface area contributed by atoms with Crippen molar-refractivity contribution in [3.8, 4) is 0 Å². The van der Waals surface area contributed by atoms with Gasteiger partial charge in [-0.3, -0.25) is 0 Å². The van der Waals surface area contributed by atoms with Gasteiger partial charge in [-0.05, 0) is 0 Å². The lowest BCUT2D eigenvalue weighted by Gasteiger charge is -1.98. The molecule has 0 aromatic carbocycles. The minimum atomic E-state index is -5.54. The van der Waals surface area contributed by atoms with Gasteiger partial charge in [0.2, 0.25) is 0 Å². The Labute approximate surface area is 49.3 Å². The molecule has 0 aliphatic carbocycles. The predicted octanol–water partition coefficient (Wildman–Crippen LogP) is 0.291. The highest BCUT2D eigenvalue weighted by Crippen LogP contribution is 2.23. The molecular formula is C2F3NO2S. The van der Waals surface area contributed by atoms with Crippen molar-refractivity contribution in [1.29, 1.82) is 0 Å². The summed E-state index contributed by atoms with van der Waals surface area (Å²) in [6, 6.07) is 0. The van der Waals surface area contributed by atoms with Crippen LogP contribution in [-0.2, 0) is 10.0 Å². The van der Waals surface area contributed by atoms with Crippen molar-refractivity contribution in [2.24, 2.45) is 4.40 Å². The van der Waals surface area contributed by atoms with Gasteiger partial charge >= 0.3 is 15.5 Å². The van der Waals surface area contributed by atoms with Crippen molar-refractivity contribution in [2.45, 2.75) is 5.51 Å². The van der Waals surface area contributed by atoms with E-state index in [0.29, 0.717) is 0 Å². The first-order chi connectivity index (χ1) is 3.81. The van der Waals surface area contributed by atoms with Crippen LogP contribution in [0.2, 0.25) is 0 Å². The number of hydrogen-bond acceptors (Lipinski definition) is 2. The number of hydrogen-bond donors (Lipinski definition) is 0. The highest BCUT2D eigenvalue weighted by molar-refractivity contribution is 7.91. The first kappa shape index (κ1) is 8.41. The number of nitrogens with zero attached hydrogens (tertiary/aromatic N) is 1. The maximum absolute atomic E-state index is 11.0. The molecule has 0 saturated heterocycles. The number of sulfonamides is 1. The van der Waals surface area contributed by atoms with Gasteiger partial charge in [0, 0.05) is 0 Å². The van der Waals surface area contributed by atoms with Crippen LogP contribution in [0.15, 0.2) is 4.40 Å². The minimum absolute atomic E-state index is 1.39. The van der Waals surface area contributed by atoms with Gasteiger partial charge in [0.05, 0.1) is 0 Å². The summed E-state index contributed by atoms with van der Waals surface area (Å²) in [5, 5.41) is 0. The molecule has 0 saturated carbocycles. The number of rotatable bonds is 1. The molecule has 0 N–H and O–H groups in total. The Morgan fingerprint density at radius 1 is 1.33 bits per heavy atom. The van der Waals surface area contributed by atoms with Crippen LogP contribution in [0.3, 0.4) is 0 Å². The normalized spacial score (nSPS) is 13.2. The zero-order chi connectivity index (χ0) is 7.71. The van der Waals surface area contributed by atoms with Gasteiger partial charge in [0.25, 0.3) is 0 Å². The molecule has 0 amide bonds. The van der Waals surface area contributed by atoms with Crippen LogP contribution in [0.5, 0.6) is 0 Å². The van der Waals surface area contributed by atoms with E-state index in [9.17, 15) is 21.6 Å². The Morgan fingerprint density at radius 3 is 1.67 bits per heavy atom. The van der Waals surface area contributed by atoms with Crippen molar-refractivity contribution >= 4 is 16.7 Å². The summed E-state index contributed by atoms with van der Waals surface area (Å²) >= 11 is 0. The van der Waals surface area contributed by atoms with Gasteiger partial charge in [-0.25, -0.2) is 0 Å². The lowest BCUT2D eigenvalue weighted by molar-refractivity contribution is -0.0434. The van der Waals surface area contributed by atoms with E-state index in [2.05, 4.69) is 0 Å². The molecule has 0 aromatic heterocycles. The van der Waals surface area contributed by atoms with Gasteiger partial charge in [0.1, 0.15) is 6.72 Å². The molecule has 0 aliphatic rings. The summed E-state index contributed by atoms with van der Waals surface area (Å²) < 4.78 is 53.6. The van der Waals surface area contributed by atoms with Crippen molar-refractivity contribution < 1.29 is 21.6 Å². The fourth-order valence-corrected chi connectivity index (χ4v) is 0.155. The zero-order valence-electron chi connectivity index (χ0n) is 3.81. The fraction of sp³-hybridized carbons (Fsp3) is 0.500. The van der Waals surface area contributed by atoms with Crippen LogP contribution in [0.1, 0.15) is 0 Å². The summed E-state index contributed by atoms with van der Waals surface area (Å²) in [7, 11) is -5.54. The monoisotopic (exact) mass is 159 g/mol. The molecule has 0 aromatic rings. The van der Waals surface area contributed by atoms with E-state index in [1.54, 1.807) is 0 Å². The van der Waals surface area contributed by atoms with Crippen molar-refractivity contribution in [3.05, 3.63) is 0 Å². The molecule has 0 spiro atoms. The molecule has 0 unspecified atom stereocenters. The fourth-order valence-electron chi connectivity index (χ4n) is 0.0518. The smallest absolute Gasteiger partial charge is 0.195 e. The average molecular weight is 159 g/mol. The second-order valence-electron chi connectivity index (χ2n) is 1.01. The highest BCUT2D eigenvalue weighted by atomic mass is 32.2. The molecule has 0 heterocycles. The van der Waals surface area contributed by atoms with Gasteiger partial charge in [-0.2, -0.15) is 26.0 Å². The summed E-state index contributed by atoms with van der Waals surface area (Å²) in [4.78, 5) is 0. The van der Waals surface area contributed by atoms with Crippen LogP contribution in [0.4, 0.5) is 13.2 Å². The zero-order valence-corrected chi connectivity index (χ0v) is 4.62. The Kier molecular flexibility index (Phi) is 1.85. The van der Waals surface area contributed by atoms with Crippen molar-refractivity contribution in [3.63, 3.8) is 0 Å². The van der Waals surface area contributed by atoms with Crippen LogP contribution in [0, 0.1) is 0 Å². The quantitative estimate of drug-likeness (QED) is 0.516. The van der Waals surface area contributed by atoms with Crippen molar-refractivity contribution in [1.82, 2.24) is 0 Å². The molecule has 0 aliphatic heterocycles. The van der Waals surface area contributed by atoms with Crippen LogP contribution in [-0.4, -0.2) is 20.6 Å². The summed E-state index contributed by atoms with van der Waals surface area (Å²) in [6.45, 7) is 5.58. The Morgan fingerprint density at radius 2 is 1.67 bits per heavy atom. The van der Waals surface area contributed by atoms with Gasteiger partial charge in [-0.15, -0.1) is 0 Å². The third-order valence-corrected chi connectivity index (χ3v) is 1.24. The SMILES string of the molecule is [C]=NS(=O)(=O)C(F)(F)F. The predicted molar refractivity (Wildman–Crippen MR) is 22.4 cm³/mol. The molecule has 2 radical (unpaired) electrons. The molecule has 0 rings (SSSR count). The minimum Gasteiger partial charge on any atom is -0.195 e. The van der Waals surface area contributed by atoms with Gasteiger partial charge in [0.15, 0.2) is 0 Å². The molecule has 0 atom stereocenters. The molecule has 52 valence electrons. The average Bonchev–Trinajstić information content (AvgIpc) is 1.64.